The Labute approximate surface area is 153 Å². The number of hydrogen-bond donors (Lipinski definition) is 2. The van der Waals surface area contributed by atoms with E-state index < -0.39 is 31.8 Å². The lowest BCUT2D eigenvalue weighted by Gasteiger charge is -2.35. The van der Waals surface area contributed by atoms with Gasteiger partial charge in [0, 0.05) is 5.92 Å². The van der Waals surface area contributed by atoms with E-state index in [4.69, 9.17) is 24.0 Å². The number of nitrogen functional groups attached to an aromatic ring is 1. The number of anilines is 1. The molecule has 5 rings (SSSR count). The van der Waals surface area contributed by atoms with Gasteiger partial charge in [0.15, 0.2) is 11.2 Å². The molecule has 12 heteroatoms. The zero-order chi connectivity index (χ0) is 18.8. The third-order valence-corrected chi connectivity index (χ3v) is 6.87. The minimum absolute atomic E-state index is 0.00435. The molecule has 5 atom stereocenters. The largest absolute Gasteiger partial charge is 0.475 e. The van der Waals surface area contributed by atoms with Gasteiger partial charge in [-0.1, -0.05) is 6.92 Å². The Balaban J connectivity index is 1.42. The zero-order valence-corrected chi connectivity index (χ0v) is 15.5. The van der Waals surface area contributed by atoms with E-state index in [-0.39, 0.29) is 30.1 Å². The summed E-state index contributed by atoms with van der Waals surface area (Å²) in [5, 5.41) is 0. The molecule has 2 aromatic rings. The summed E-state index contributed by atoms with van der Waals surface area (Å²) in [6.07, 6.45) is 2.80. The summed E-state index contributed by atoms with van der Waals surface area (Å²) in [5.74, 6) is -0.202. The highest BCUT2D eigenvalue weighted by Crippen LogP contribution is 2.59. The maximum atomic E-state index is 12.8. The lowest BCUT2D eigenvalue weighted by Crippen LogP contribution is -2.37. The third-order valence-electron chi connectivity index (χ3n) is 5.35. The molecule has 3 aliphatic rings. The number of aromatic nitrogens is 4. The van der Waals surface area contributed by atoms with Crippen molar-refractivity contribution in [3.05, 3.63) is 16.7 Å². The van der Waals surface area contributed by atoms with Crippen LogP contribution in [0.1, 0.15) is 32.4 Å². The van der Waals surface area contributed by atoms with Crippen molar-refractivity contribution in [3.8, 4) is 0 Å². The Bertz CT molecular complexity index is 987. The molecule has 5 unspecified atom stereocenters. The first-order valence-electron chi connectivity index (χ1n) is 8.93. The number of nitrogens with one attached hydrogen (secondary N) is 1. The number of phosphoric acid groups is 1. The van der Waals surface area contributed by atoms with Gasteiger partial charge in [0.25, 0.3) is 5.56 Å². The van der Waals surface area contributed by atoms with Gasteiger partial charge in [0.2, 0.25) is 5.95 Å². The molecule has 4 heterocycles. The summed E-state index contributed by atoms with van der Waals surface area (Å²) in [6, 6.07) is 0. The quantitative estimate of drug-likeness (QED) is 0.733. The monoisotopic (exact) mass is 397 g/mol. The molecular formula is C15H20N5O6P. The number of hydrogen-bond acceptors (Lipinski definition) is 9. The zero-order valence-electron chi connectivity index (χ0n) is 14.6. The maximum absolute atomic E-state index is 12.8. The molecule has 11 nitrogen and oxygen atoms in total. The summed E-state index contributed by atoms with van der Waals surface area (Å²) in [5.41, 5.74) is 5.73. The summed E-state index contributed by atoms with van der Waals surface area (Å²) >= 11 is 0. The normalized spacial score (nSPS) is 36.6. The van der Waals surface area contributed by atoms with Crippen LogP contribution in [0.15, 0.2) is 11.1 Å². The van der Waals surface area contributed by atoms with E-state index in [1.165, 1.54) is 6.33 Å². The van der Waals surface area contributed by atoms with Crippen molar-refractivity contribution in [1.82, 2.24) is 19.5 Å². The number of fused-ring (bicyclic) bond motifs is 2. The smallest absolute Gasteiger partial charge is 0.369 e. The SMILES string of the molecule is CC1C2OP(=O)(OC3CCC3)OCC2OC1n1cnc2c(=O)[nH]c(N)nc21. The third kappa shape index (κ3) is 2.81. The van der Waals surface area contributed by atoms with E-state index in [2.05, 4.69) is 15.0 Å². The molecule has 2 aliphatic heterocycles. The van der Waals surface area contributed by atoms with Crippen LogP contribution in [-0.4, -0.2) is 44.4 Å². The van der Waals surface area contributed by atoms with Crippen molar-refractivity contribution in [2.24, 2.45) is 5.92 Å². The topological polar surface area (TPSA) is 144 Å². The maximum Gasteiger partial charge on any atom is 0.475 e. The molecule has 0 spiro atoms. The molecule has 3 fully saturated rings. The van der Waals surface area contributed by atoms with Gasteiger partial charge < -0.3 is 10.5 Å². The Kier molecular flexibility index (Phi) is 3.92. The number of phosphoric ester groups is 1. The number of nitrogens with zero attached hydrogens (tertiary/aromatic N) is 3. The molecule has 2 aromatic heterocycles. The second-order valence-corrected chi connectivity index (χ2v) is 8.75. The van der Waals surface area contributed by atoms with Gasteiger partial charge in [-0.3, -0.25) is 27.9 Å². The molecule has 0 aromatic carbocycles. The van der Waals surface area contributed by atoms with Crippen molar-refractivity contribution in [2.45, 2.75) is 50.7 Å². The van der Waals surface area contributed by atoms with Crippen LogP contribution in [0.4, 0.5) is 5.95 Å². The fourth-order valence-electron chi connectivity index (χ4n) is 3.69. The Morgan fingerprint density at radius 3 is 3.00 bits per heavy atom. The minimum Gasteiger partial charge on any atom is -0.369 e. The van der Waals surface area contributed by atoms with E-state index in [0.717, 1.165) is 19.3 Å². The first-order chi connectivity index (χ1) is 12.9. The fourth-order valence-corrected chi connectivity index (χ4v) is 5.39. The number of aromatic amines is 1. The molecule has 0 amide bonds. The number of ether oxygens (including phenoxy) is 1. The highest BCUT2D eigenvalue weighted by atomic mass is 31.2. The Morgan fingerprint density at radius 2 is 2.26 bits per heavy atom. The predicted molar refractivity (Wildman–Crippen MR) is 92.8 cm³/mol. The minimum atomic E-state index is -3.60. The summed E-state index contributed by atoms with van der Waals surface area (Å²) in [6.45, 7) is 2.02. The average molecular weight is 397 g/mol. The average Bonchev–Trinajstić information content (AvgIpc) is 3.13. The van der Waals surface area contributed by atoms with Gasteiger partial charge in [0.05, 0.1) is 19.0 Å². The highest BCUT2D eigenvalue weighted by molar-refractivity contribution is 7.48. The lowest BCUT2D eigenvalue weighted by atomic mass is 9.97. The van der Waals surface area contributed by atoms with Crippen molar-refractivity contribution >= 4 is 24.9 Å². The molecule has 1 aliphatic carbocycles. The van der Waals surface area contributed by atoms with Gasteiger partial charge in [-0.2, -0.15) is 4.98 Å². The van der Waals surface area contributed by atoms with Crippen molar-refractivity contribution < 1.29 is 22.9 Å². The Morgan fingerprint density at radius 1 is 1.44 bits per heavy atom. The van der Waals surface area contributed by atoms with E-state index in [1.54, 1.807) is 4.57 Å². The summed E-state index contributed by atoms with van der Waals surface area (Å²) < 4.78 is 37.2. The van der Waals surface area contributed by atoms with E-state index >= 15 is 0 Å². The van der Waals surface area contributed by atoms with Crippen LogP contribution in [0.3, 0.4) is 0 Å². The second kappa shape index (κ2) is 6.11. The first kappa shape index (κ1) is 17.3. The predicted octanol–water partition coefficient (Wildman–Crippen LogP) is 1.33. The molecule has 1 saturated carbocycles. The first-order valence-corrected chi connectivity index (χ1v) is 10.4. The standard InChI is InChI=1S/C15H20N5O6P/c1-7-11-9(5-23-27(22,26-11)25-8-3-2-4-8)24-14(7)20-6-17-10-12(20)18-15(16)19-13(10)21/h6-9,11,14H,2-5H2,1H3,(H3,16,18,19,21). The van der Waals surface area contributed by atoms with Gasteiger partial charge in [-0.05, 0) is 19.3 Å². The number of rotatable bonds is 3. The van der Waals surface area contributed by atoms with Crippen LogP contribution in [0.5, 0.6) is 0 Å². The molecule has 2 saturated heterocycles. The molecule has 0 bridgehead atoms. The van der Waals surface area contributed by atoms with Crippen LogP contribution in [-0.2, 0) is 22.9 Å². The van der Waals surface area contributed by atoms with Crippen molar-refractivity contribution in [3.63, 3.8) is 0 Å². The highest BCUT2D eigenvalue weighted by Gasteiger charge is 2.53. The number of nitrogens with two attached hydrogens (primary N) is 1. The molecular weight excluding hydrogens is 377 g/mol. The van der Waals surface area contributed by atoms with Gasteiger partial charge >= 0.3 is 7.82 Å². The second-order valence-electron chi connectivity index (χ2n) is 7.17. The fraction of sp³-hybridized carbons (Fsp3) is 0.667. The van der Waals surface area contributed by atoms with E-state index in [1.807, 2.05) is 6.92 Å². The summed E-state index contributed by atoms with van der Waals surface area (Å²) in [7, 11) is -3.60. The number of H-pyrrole nitrogens is 1. The van der Waals surface area contributed by atoms with E-state index in [0.29, 0.717) is 5.65 Å². The van der Waals surface area contributed by atoms with E-state index in [9.17, 15) is 9.36 Å². The van der Waals surface area contributed by atoms with Crippen LogP contribution in [0.25, 0.3) is 11.2 Å². The van der Waals surface area contributed by atoms with Gasteiger partial charge in [-0.25, -0.2) is 9.55 Å². The summed E-state index contributed by atoms with van der Waals surface area (Å²) in [4.78, 5) is 22.7. The van der Waals surface area contributed by atoms with Crippen LogP contribution in [0, 0.1) is 5.92 Å². The molecule has 3 N–H and O–H groups in total. The van der Waals surface area contributed by atoms with Crippen LogP contribution in [0.2, 0.25) is 0 Å². The molecule has 0 radical (unpaired) electrons. The number of imidazole rings is 1. The van der Waals surface area contributed by atoms with Crippen LogP contribution < -0.4 is 11.3 Å². The van der Waals surface area contributed by atoms with Gasteiger partial charge in [0.1, 0.15) is 18.4 Å². The van der Waals surface area contributed by atoms with Crippen molar-refractivity contribution in [2.75, 3.05) is 12.3 Å². The Hall–Kier alpha value is -1.78. The van der Waals surface area contributed by atoms with Gasteiger partial charge in [-0.15, -0.1) is 0 Å². The van der Waals surface area contributed by atoms with Crippen molar-refractivity contribution in [1.29, 1.82) is 0 Å². The molecule has 27 heavy (non-hydrogen) atoms. The molecule has 146 valence electrons. The lowest BCUT2D eigenvalue weighted by molar-refractivity contribution is -0.0786. The van der Waals surface area contributed by atoms with Crippen LogP contribution >= 0.6 is 7.82 Å².